The van der Waals surface area contributed by atoms with Gasteiger partial charge in [0, 0.05) is 35.3 Å². The van der Waals surface area contributed by atoms with Gasteiger partial charge in [-0.1, -0.05) is 36.4 Å². The lowest BCUT2D eigenvalue weighted by atomic mass is 10.1. The van der Waals surface area contributed by atoms with E-state index in [1.807, 2.05) is 30.3 Å². The molecule has 0 radical (unpaired) electrons. The molecule has 0 atom stereocenters. The van der Waals surface area contributed by atoms with Gasteiger partial charge >= 0.3 is 0 Å². The van der Waals surface area contributed by atoms with Crippen LogP contribution >= 0.6 is 0 Å². The third kappa shape index (κ3) is 4.01. The summed E-state index contributed by atoms with van der Waals surface area (Å²) in [4.78, 5) is 19.0. The molecule has 7 nitrogen and oxygen atoms in total. The van der Waals surface area contributed by atoms with Crippen LogP contribution in [0.4, 0.5) is 17.1 Å². The van der Waals surface area contributed by atoms with E-state index < -0.39 is 9.85 Å². The standard InChI is InChI=1S/C10H9N.C6H4N2O4/c11-10-7-3-5-8-4-1-2-6-9(8)10;9-7(10)5-1-2-6(4-3-5)8(11)12/h1-7H,11H2;1-4H. The van der Waals surface area contributed by atoms with Crippen molar-refractivity contribution in [3.8, 4) is 0 Å². The van der Waals surface area contributed by atoms with Gasteiger partial charge in [-0.25, -0.2) is 0 Å². The first-order valence-corrected chi connectivity index (χ1v) is 6.61. The first kappa shape index (κ1) is 15.9. The van der Waals surface area contributed by atoms with E-state index in [4.69, 9.17) is 5.73 Å². The van der Waals surface area contributed by atoms with Gasteiger partial charge in [0.15, 0.2) is 0 Å². The lowest BCUT2D eigenvalue weighted by molar-refractivity contribution is -0.389. The van der Waals surface area contributed by atoms with Gasteiger partial charge in [-0.15, -0.1) is 0 Å². The zero-order valence-electron chi connectivity index (χ0n) is 12.0. The van der Waals surface area contributed by atoms with E-state index in [2.05, 4.69) is 12.1 Å². The number of fused-ring (bicyclic) bond motifs is 1. The predicted molar refractivity (Wildman–Crippen MR) is 88.1 cm³/mol. The topological polar surface area (TPSA) is 112 Å². The minimum Gasteiger partial charge on any atom is -0.398 e. The van der Waals surface area contributed by atoms with Crippen LogP contribution in [0.1, 0.15) is 0 Å². The molecule has 3 aromatic carbocycles. The van der Waals surface area contributed by atoms with E-state index in [0.29, 0.717) is 0 Å². The molecule has 23 heavy (non-hydrogen) atoms. The van der Waals surface area contributed by atoms with Crippen molar-refractivity contribution in [2.75, 3.05) is 5.73 Å². The van der Waals surface area contributed by atoms with Gasteiger partial charge in [0.25, 0.3) is 11.4 Å². The molecule has 0 bridgehead atoms. The second kappa shape index (κ2) is 6.99. The Hall–Kier alpha value is -3.48. The maximum Gasteiger partial charge on any atom is 0.269 e. The molecule has 0 unspecified atom stereocenters. The maximum atomic E-state index is 10.1. The minimum absolute atomic E-state index is 0.152. The lowest BCUT2D eigenvalue weighted by Gasteiger charge is -1.98. The molecule has 0 amide bonds. The number of nitrogen functional groups attached to an aromatic ring is 1. The van der Waals surface area contributed by atoms with Gasteiger partial charge in [0.2, 0.25) is 0 Å². The van der Waals surface area contributed by atoms with Crippen molar-refractivity contribution in [2.45, 2.75) is 0 Å². The van der Waals surface area contributed by atoms with Crippen LogP contribution in [0, 0.1) is 20.2 Å². The molecule has 116 valence electrons. The molecule has 2 N–H and O–H groups in total. The second-order valence-electron chi connectivity index (χ2n) is 4.60. The monoisotopic (exact) mass is 311 g/mol. The first-order valence-electron chi connectivity index (χ1n) is 6.61. The van der Waals surface area contributed by atoms with Crippen LogP contribution in [0.2, 0.25) is 0 Å². The summed E-state index contributed by atoms with van der Waals surface area (Å²) in [5, 5.41) is 22.6. The molecule has 0 aliphatic rings. The molecule has 3 aromatic rings. The highest BCUT2D eigenvalue weighted by atomic mass is 16.6. The number of nitrogens with zero attached hydrogens (tertiary/aromatic N) is 2. The highest BCUT2D eigenvalue weighted by Gasteiger charge is 2.08. The van der Waals surface area contributed by atoms with Crippen LogP contribution in [0.5, 0.6) is 0 Å². The van der Waals surface area contributed by atoms with E-state index in [0.717, 1.165) is 35.3 Å². The smallest absolute Gasteiger partial charge is 0.269 e. The third-order valence-electron chi connectivity index (χ3n) is 3.09. The fraction of sp³-hybridized carbons (Fsp3) is 0. The van der Waals surface area contributed by atoms with E-state index in [-0.39, 0.29) is 11.4 Å². The number of nitro benzene ring substituents is 2. The van der Waals surface area contributed by atoms with Gasteiger partial charge in [0.1, 0.15) is 0 Å². The first-order chi connectivity index (χ1) is 11.0. The zero-order valence-corrected chi connectivity index (χ0v) is 12.0. The van der Waals surface area contributed by atoms with Crippen molar-refractivity contribution in [1.82, 2.24) is 0 Å². The summed E-state index contributed by atoms with van der Waals surface area (Å²) in [6, 6.07) is 18.4. The molecule has 0 aliphatic carbocycles. The lowest BCUT2D eigenvalue weighted by Crippen LogP contribution is -1.90. The van der Waals surface area contributed by atoms with E-state index in [1.54, 1.807) is 0 Å². The van der Waals surface area contributed by atoms with E-state index in [9.17, 15) is 20.2 Å². The number of anilines is 1. The fourth-order valence-electron chi connectivity index (χ4n) is 1.95. The van der Waals surface area contributed by atoms with Crippen molar-refractivity contribution in [2.24, 2.45) is 0 Å². The largest absolute Gasteiger partial charge is 0.398 e. The van der Waals surface area contributed by atoms with Gasteiger partial charge in [-0.3, -0.25) is 20.2 Å². The van der Waals surface area contributed by atoms with Crippen molar-refractivity contribution in [3.05, 3.63) is 87.0 Å². The number of nitro groups is 2. The molecular weight excluding hydrogens is 298 g/mol. The number of benzene rings is 3. The molecule has 3 rings (SSSR count). The summed E-state index contributed by atoms with van der Waals surface area (Å²) >= 11 is 0. The SMILES string of the molecule is Nc1cccc2ccccc12.O=[N+]([O-])c1ccc([N+](=O)[O-])cc1. The van der Waals surface area contributed by atoms with Gasteiger partial charge < -0.3 is 5.73 Å². The molecule has 0 saturated heterocycles. The Balaban J connectivity index is 0.000000167. The Morgan fingerprint density at radius 2 is 1.17 bits per heavy atom. The minimum atomic E-state index is -0.607. The van der Waals surface area contributed by atoms with Gasteiger partial charge in [0.05, 0.1) is 9.85 Å². The Labute approximate surface area is 131 Å². The quantitative estimate of drug-likeness (QED) is 0.438. The second-order valence-corrected chi connectivity index (χ2v) is 4.60. The van der Waals surface area contributed by atoms with Gasteiger partial charge in [-0.2, -0.15) is 0 Å². The average molecular weight is 311 g/mol. The summed E-state index contributed by atoms with van der Waals surface area (Å²) in [7, 11) is 0. The van der Waals surface area contributed by atoms with Crippen LogP contribution in [-0.4, -0.2) is 9.85 Å². The Morgan fingerprint density at radius 1 is 0.696 bits per heavy atom. The molecule has 0 aromatic heterocycles. The van der Waals surface area contributed by atoms with Crippen LogP contribution in [0.3, 0.4) is 0 Å². The zero-order chi connectivity index (χ0) is 16.8. The summed E-state index contributed by atoms with van der Waals surface area (Å²) in [6.45, 7) is 0. The molecule has 0 aliphatic heterocycles. The van der Waals surface area contributed by atoms with Crippen LogP contribution in [-0.2, 0) is 0 Å². The Morgan fingerprint density at radius 3 is 1.65 bits per heavy atom. The van der Waals surface area contributed by atoms with E-state index in [1.165, 1.54) is 5.39 Å². The maximum absolute atomic E-state index is 10.1. The van der Waals surface area contributed by atoms with Crippen LogP contribution in [0.25, 0.3) is 10.8 Å². The van der Waals surface area contributed by atoms with Crippen LogP contribution in [0.15, 0.2) is 66.7 Å². The summed E-state index contributed by atoms with van der Waals surface area (Å²) in [5.74, 6) is 0. The van der Waals surface area contributed by atoms with Crippen molar-refractivity contribution in [3.63, 3.8) is 0 Å². The van der Waals surface area contributed by atoms with E-state index >= 15 is 0 Å². The third-order valence-corrected chi connectivity index (χ3v) is 3.09. The number of hydrogen-bond donors (Lipinski definition) is 1. The highest BCUT2D eigenvalue weighted by molar-refractivity contribution is 5.92. The van der Waals surface area contributed by atoms with Crippen molar-refractivity contribution < 1.29 is 9.85 Å². The van der Waals surface area contributed by atoms with Gasteiger partial charge in [-0.05, 0) is 11.5 Å². The molecule has 0 saturated carbocycles. The summed E-state index contributed by atoms with van der Waals surface area (Å²) in [5.41, 5.74) is 6.30. The summed E-state index contributed by atoms with van der Waals surface area (Å²) < 4.78 is 0. The molecule has 0 spiro atoms. The molecule has 0 fully saturated rings. The Bertz CT molecular complexity index is 809. The average Bonchev–Trinajstić information content (AvgIpc) is 2.56. The fourth-order valence-corrected chi connectivity index (χ4v) is 1.95. The molecular formula is C16H13N3O4. The highest BCUT2D eigenvalue weighted by Crippen LogP contribution is 2.19. The summed E-state index contributed by atoms with van der Waals surface area (Å²) in [6.07, 6.45) is 0. The molecule has 7 heteroatoms. The van der Waals surface area contributed by atoms with Crippen molar-refractivity contribution >= 4 is 27.8 Å². The van der Waals surface area contributed by atoms with Crippen molar-refractivity contribution in [1.29, 1.82) is 0 Å². The number of nitrogens with two attached hydrogens (primary N) is 1. The Kier molecular flexibility index (Phi) is 4.83. The van der Waals surface area contributed by atoms with Crippen LogP contribution < -0.4 is 5.73 Å². The number of non-ortho nitro benzene ring substituents is 2. The molecule has 0 heterocycles. The number of rotatable bonds is 2. The normalized spacial score (nSPS) is 9.74. The predicted octanol–water partition coefficient (Wildman–Crippen LogP) is 3.93. The number of hydrogen-bond acceptors (Lipinski definition) is 5.